The van der Waals surface area contributed by atoms with Crippen molar-refractivity contribution in [3.63, 3.8) is 0 Å². The van der Waals surface area contributed by atoms with E-state index in [0.29, 0.717) is 16.6 Å². The largest absolute Gasteiger partial charge is 0.365 e. The molecule has 8 nitrogen and oxygen atoms in total. The fourth-order valence-electron chi connectivity index (χ4n) is 3.82. The van der Waals surface area contributed by atoms with E-state index >= 15 is 0 Å². The third-order valence-corrected chi connectivity index (χ3v) is 5.45. The maximum Gasteiger partial charge on any atom is 0.252 e. The van der Waals surface area contributed by atoms with E-state index in [9.17, 15) is 13.6 Å². The normalized spacial score (nSPS) is 19.1. The third kappa shape index (κ3) is 3.78. The average Bonchev–Trinajstić information content (AvgIpc) is 2.99. The first kappa shape index (κ1) is 20.0. The Balaban J connectivity index is 1.68. The highest BCUT2D eigenvalue weighted by Crippen LogP contribution is 2.28. The quantitative estimate of drug-likeness (QED) is 0.508. The van der Waals surface area contributed by atoms with E-state index in [2.05, 4.69) is 20.7 Å². The summed E-state index contributed by atoms with van der Waals surface area (Å²) >= 11 is 0. The van der Waals surface area contributed by atoms with Crippen molar-refractivity contribution < 1.29 is 13.6 Å². The van der Waals surface area contributed by atoms with Crippen molar-refractivity contribution in [1.82, 2.24) is 14.8 Å². The standard InChI is InChI=1S/C20H23F2N7O/c1-29-16-8-10(6-7-11(16)17(22)28-29)25-19-12(18(24)30)9-13(21)20(27-19)26-15-5-3-2-4-14(15)23/h6-9,14-15H,2-5,23H2,1H3,(H2,24,30)(H2,25,26,27)/t14-,15?/m0/s1. The summed E-state index contributed by atoms with van der Waals surface area (Å²) in [6.45, 7) is 0. The van der Waals surface area contributed by atoms with Gasteiger partial charge in [0.1, 0.15) is 5.82 Å². The molecule has 1 fully saturated rings. The average molecular weight is 415 g/mol. The molecule has 1 aliphatic rings. The lowest BCUT2D eigenvalue weighted by molar-refractivity contribution is 0.100. The Kier molecular flexibility index (Phi) is 5.25. The second-order valence-electron chi connectivity index (χ2n) is 7.55. The van der Waals surface area contributed by atoms with Gasteiger partial charge in [-0.25, -0.2) is 9.37 Å². The van der Waals surface area contributed by atoms with Gasteiger partial charge in [-0.15, -0.1) is 5.10 Å². The van der Waals surface area contributed by atoms with Crippen LogP contribution in [0.3, 0.4) is 0 Å². The summed E-state index contributed by atoms with van der Waals surface area (Å²) < 4.78 is 29.8. The number of nitrogens with one attached hydrogen (secondary N) is 2. The molecular weight excluding hydrogens is 392 g/mol. The number of halogens is 2. The summed E-state index contributed by atoms with van der Waals surface area (Å²) in [6.07, 6.45) is 3.70. The molecule has 2 atom stereocenters. The van der Waals surface area contributed by atoms with Crippen LogP contribution in [0.5, 0.6) is 0 Å². The summed E-state index contributed by atoms with van der Waals surface area (Å²) in [6, 6.07) is 5.68. The Morgan fingerprint density at radius 1 is 1.20 bits per heavy atom. The number of rotatable bonds is 5. The predicted octanol–water partition coefficient (Wildman–Crippen LogP) is 2.77. The van der Waals surface area contributed by atoms with Crippen LogP contribution in [-0.4, -0.2) is 32.8 Å². The van der Waals surface area contributed by atoms with Crippen molar-refractivity contribution in [3.8, 4) is 0 Å². The van der Waals surface area contributed by atoms with Crippen molar-refractivity contribution in [2.24, 2.45) is 18.5 Å². The van der Waals surface area contributed by atoms with E-state index in [1.54, 1.807) is 25.2 Å². The van der Waals surface area contributed by atoms with Gasteiger partial charge in [-0.2, -0.15) is 4.39 Å². The number of carbonyl (C=O) groups is 1. The van der Waals surface area contributed by atoms with Gasteiger partial charge in [0.05, 0.1) is 16.5 Å². The number of fused-ring (bicyclic) bond motifs is 1. The summed E-state index contributed by atoms with van der Waals surface area (Å²) in [5, 5.41) is 10.2. The lowest BCUT2D eigenvalue weighted by atomic mass is 9.91. The van der Waals surface area contributed by atoms with Crippen LogP contribution in [0.2, 0.25) is 0 Å². The van der Waals surface area contributed by atoms with Crippen molar-refractivity contribution in [2.75, 3.05) is 10.6 Å². The van der Waals surface area contributed by atoms with E-state index in [4.69, 9.17) is 11.5 Å². The van der Waals surface area contributed by atoms with Crippen LogP contribution in [0.25, 0.3) is 10.9 Å². The molecule has 2 aromatic heterocycles. The SMILES string of the molecule is Cn1nc(F)c2ccc(Nc3nc(NC4CCCC[C@@H]4N)c(F)cc3C(N)=O)cc21. The number of carbonyl (C=O) groups excluding carboxylic acids is 1. The molecule has 10 heteroatoms. The van der Waals surface area contributed by atoms with Gasteiger partial charge in [-0.3, -0.25) is 9.48 Å². The molecule has 158 valence electrons. The molecule has 1 amide bonds. The number of primary amides is 1. The second kappa shape index (κ2) is 7.86. The lowest BCUT2D eigenvalue weighted by Gasteiger charge is -2.30. The fourth-order valence-corrected chi connectivity index (χ4v) is 3.82. The minimum Gasteiger partial charge on any atom is -0.365 e. The highest BCUT2D eigenvalue weighted by atomic mass is 19.1. The highest BCUT2D eigenvalue weighted by molar-refractivity contribution is 5.99. The minimum atomic E-state index is -0.822. The highest BCUT2D eigenvalue weighted by Gasteiger charge is 2.24. The van der Waals surface area contributed by atoms with Gasteiger partial charge in [-0.1, -0.05) is 12.8 Å². The molecule has 6 N–H and O–H groups in total. The van der Waals surface area contributed by atoms with Gasteiger partial charge in [0.15, 0.2) is 11.6 Å². The van der Waals surface area contributed by atoms with E-state index in [-0.39, 0.29) is 29.3 Å². The van der Waals surface area contributed by atoms with Crippen LogP contribution < -0.4 is 22.1 Å². The number of pyridine rings is 1. The van der Waals surface area contributed by atoms with Crippen molar-refractivity contribution in [2.45, 2.75) is 37.8 Å². The Morgan fingerprint density at radius 3 is 2.70 bits per heavy atom. The number of aromatic nitrogens is 3. The molecule has 1 aliphatic carbocycles. The molecule has 1 aromatic carbocycles. The topological polar surface area (TPSA) is 124 Å². The van der Waals surface area contributed by atoms with Crippen LogP contribution in [0, 0.1) is 11.8 Å². The number of hydrogen-bond donors (Lipinski definition) is 4. The van der Waals surface area contributed by atoms with Gasteiger partial charge in [-0.05, 0) is 37.1 Å². The summed E-state index contributed by atoms with van der Waals surface area (Å²) in [5.74, 6) is -1.99. The number of nitrogens with zero attached hydrogens (tertiary/aromatic N) is 3. The third-order valence-electron chi connectivity index (χ3n) is 5.45. The maximum absolute atomic E-state index is 14.6. The molecule has 2 heterocycles. The minimum absolute atomic E-state index is 0.00231. The molecule has 0 spiro atoms. The molecule has 0 radical (unpaired) electrons. The number of amides is 1. The van der Waals surface area contributed by atoms with Crippen LogP contribution in [0.4, 0.5) is 26.1 Å². The molecular formula is C20H23F2N7O. The van der Waals surface area contributed by atoms with E-state index < -0.39 is 17.7 Å². The van der Waals surface area contributed by atoms with Gasteiger partial charge < -0.3 is 22.1 Å². The number of anilines is 3. The zero-order valence-corrected chi connectivity index (χ0v) is 16.5. The monoisotopic (exact) mass is 415 g/mol. The lowest BCUT2D eigenvalue weighted by Crippen LogP contribution is -2.43. The Morgan fingerprint density at radius 2 is 1.97 bits per heavy atom. The molecule has 3 aromatic rings. The summed E-state index contributed by atoms with van der Waals surface area (Å²) in [5.41, 5.74) is 12.5. The number of benzene rings is 1. The Labute approximate surface area is 171 Å². The van der Waals surface area contributed by atoms with Gasteiger partial charge in [0, 0.05) is 24.8 Å². The molecule has 30 heavy (non-hydrogen) atoms. The van der Waals surface area contributed by atoms with Gasteiger partial charge >= 0.3 is 0 Å². The van der Waals surface area contributed by atoms with Crippen LogP contribution in [0.15, 0.2) is 24.3 Å². The summed E-state index contributed by atoms with van der Waals surface area (Å²) in [7, 11) is 1.62. The predicted molar refractivity (Wildman–Crippen MR) is 111 cm³/mol. The van der Waals surface area contributed by atoms with Gasteiger partial charge in [0.25, 0.3) is 5.91 Å². The molecule has 0 saturated heterocycles. The van der Waals surface area contributed by atoms with E-state index in [0.717, 1.165) is 31.7 Å². The van der Waals surface area contributed by atoms with Gasteiger partial charge in [0.2, 0.25) is 5.95 Å². The number of aryl methyl sites for hydroxylation is 1. The zero-order valence-electron chi connectivity index (χ0n) is 16.5. The molecule has 0 aliphatic heterocycles. The number of hydrogen-bond acceptors (Lipinski definition) is 6. The van der Waals surface area contributed by atoms with Crippen LogP contribution in [0.1, 0.15) is 36.0 Å². The second-order valence-corrected chi connectivity index (χ2v) is 7.55. The first-order valence-corrected chi connectivity index (χ1v) is 9.75. The molecule has 1 saturated carbocycles. The molecule has 4 rings (SSSR count). The maximum atomic E-state index is 14.6. The van der Waals surface area contributed by atoms with Crippen molar-refractivity contribution in [3.05, 3.63) is 41.6 Å². The van der Waals surface area contributed by atoms with Crippen LogP contribution >= 0.6 is 0 Å². The van der Waals surface area contributed by atoms with E-state index in [1.165, 1.54) is 4.68 Å². The number of nitrogens with two attached hydrogens (primary N) is 2. The van der Waals surface area contributed by atoms with E-state index in [1.807, 2.05) is 0 Å². The van der Waals surface area contributed by atoms with Crippen molar-refractivity contribution in [1.29, 1.82) is 0 Å². The van der Waals surface area contributed by atoms with Crippen LogP contribution in [-0.2, 0) is 7.05 Å². The fraction of sp³-hybridized carbons (Fsp3) is 0.350. The zero-order chi connectivity index (χ0) is 21.4. The Hall–Kier alpha value is -3.27. The first-order chi connectivity index (χ1) is 14.3. The first-order valence-electron chi connectivity index (χ1n) is 9.75. The Bertz CT molecular complexity index is 1110. The molecule has 1 unspecified atom stereocenters. The smallest absolute Gasteiger partial charge is 0.252 e. The van der Waals surface area contributed by atoms with Crippen molar-refractivity contribution >= 4 is 34.1 Å². The summed E-state index contributed by atoms with van der Waals surface area (Å²) in [4.78, 5) is 16.1. The molecule has 0 bridgehead atoms.